The summed E-state index contributed by atoms with van der Waals surface area (Å²) in [5.41, 5.74) is 1.20. The first-order valence-corrected chi connectivity index (χ1v) is 6.30. The van der Waals surface area contributed by atoms with E-state index in [1.165, 1.54) is 9.88 Å². The fourth-order valence-electron chi connectivity index (χ4n) is 1.51. The SMILES string of the molecule is CCC(CO)c1sc(C(C)(C)C)nc1C. The number of aliphatic hydroxyl groups is 1. The summed E-state index contributed by atoms with van der Waals surface area (Å²) >= 11 is 1.75. The molecule has 0 bridgehead atoms. The highest BCUT2D eigenvalue weighted by atomic mass is 32.1. The lowest BCUT2D eigenvalue weighted by Gasteiger charge is -2.14. The van der Waals surface area contributed by atoms with Crippen LogP contribution in [0.2, 0.25) is 0 Å². The summed E-state index contributed by atoms with van der Waals surface area (Å²) < 4.78 is 0. The summed E-state index contributed by atoms with van der Waals surface area (Å²) in [4.78, 5) is 5.86. The van der Waals surface area contributed by atoms with E-state index in [1.807, 2.05) is 6.92 Å². The maximum Gasteiger partial charge on any atom is 0.0984 e. The molecule has 1 heterocycles. The van der Waals surface area contributed by atoms with Gasteiger partial charge in [0.05, 0.1) is 17.3 Å². The zero-order valence-corrected chi connectivity index (χ0v) is 11.1. The second kappa shape index (κ2) is 4.62. The molecule has 0 saturated heterocycles. The van der Waals surface area contributed by atoms with Crippen LogP contribution in [-0.4, -0.2) is 16.7 Å². The second-order valence-electron chi connectivity index (χ2n) is 5.01. The maximum atomic E-state index is 9.29. The molecule has 1 N–H and O–H groups in total. The van der Waals surface area contributed by atoms with Gasteiger partial charge in [-0.25, -0.2) is 4.98 Å². The number of thiazole rings is 1. The van der Waals surface area contributed by atoms with Crippen molar-refractivity contribution in [2.75, 3.05) is 6.61 Å². The Bertz CT molecular complexity index is 321. The smallest absolute Gasteiger partial charge is 0.0984 e. The Morgan fingerprint density at radius 3 is 2.33 bits per heavy atom. The molecule has 0 fully saturated rings. The molecule has 0 amide bonds. The highest BCUT2D eigenvalue weighted by Gasteiger charge is 2.22. The second-order valence-corrected chi connectivity index (χ2v) is 6.04. The van der Waals surface area contributed by atoms with Crippen molar-refractivity contribution in [3.8, 4) is 0 Å². The molecule has 0 radical (unpaired) electrons. The molecule has 1 rings (SSSR count). The Hall–Kier alpha value is -0.410. The van der Waals surface area contributed by atoms with Crippen molar-refractivity contribution in [1.82, 2.24) is 4.98 Å². The van der Waals surface area contributed by atoms with E-state index in [1.54, 1.807) is 11.3 Å². The molecule has 15 heavy (non-hydrogen) atoms. The number of aryl methyl sites for hydroxylation is 1. The Morgan fingerprint density at radius 1 is 1.40 bits per heavy atom. The fourth-order valence-corrected chi connectivity index (χ4v) is 2.80. The average molecular weight is 227 g/mol. The summed E-state index contributed by atoms with van der Waals surface area (Å²) in [6.07, 6.45) is 0.975. The van der Waals surface area contributed by atoms with Crippen LogP contribution in [0.3, 0.4) is 0 Å². The Morgan fingerprint density at radius 2 is 2.00 bits per heavy atom. The van der Waals surface area contributed by atoms with Crippen molar-refractivity contribution in [1.29, 1.82) is 0 Å². The molecule has 1 aromatic heterocycles. The van der Waals surface area contributed by atoms with Crippen LogP contribution in [-0.2, 0) is 5.41 Å². The number of nitrogens with zero attached hydrogens (tertiary/aromatic N) is 1. The van der Waals surface area contributed by atoms with Gasteiger partial charge in [-0.05, 0) is 13.3 Å². The quantitative estimate of drug-likeness (QED) is 0.860. The molecule has 0 spiro atoms. The Labute approximate surface area is 96.4 Å². The van der Waals surface area contributed by atoms with Gasteiger partial charge in [0.15, 0.2) is 0 Å². The van der Waals surface area contributed by atoms with Gasteiger partial charge in [0.2, 0.25) is 0 Å². The summed E-state index contributed by atoms with van der Waals surface area (Å²) in [5, 5.41) is 10.5. The van der Waals surface area contributed by atoms with Crippen LogP contribution < -0.4 is 0 Å². The van der Waals surface area contributed by atoms with Crippen LogP contribution in [0.1, 0.15) is 55.6 Å². The number of aliphatic hydroxyl groups excluding tert-OH is 1. The van der Waals surface area contributed by atoms with E-state index in [0.717, 1.165) is 12.1 Å². The molecule has 1 atom stereocenters. The number of hydrogen-bond donors (Lipinski definition) is 1. The van der Waals surface area contributed by atoms with Gasteiger partial charge in [-0.3, -0.25) is 0 Å². The highest BCUT2D eigenvalue weighted by Crippen LogP contribution is 2.34. The summed E-state index contributed by atoms with van der Waals surface area (Å²) in [7, 11) is 0. The van der Waals surface area contributed by atoms with Gasteiger partial charge in [-0.15, -0.1) is 11.3 Å². The summed E-state index contributed by atoms with van der Waals surface area (Å²) in [6, 6.07) is 0. The molecule has 0 aliphatic carbocycles. The van der Waals surface area contributed by atoms with Crippen molar-refractivity contribution in [3.05, 3.63) is 15.6 Å². The van der Waals surface area contributed by atoms with Crippen LogP contribution in [0.4, 0.5) is 0 Å². The third kappa shape index (κ3) is 2.79. The van der Waals surface area contributed by atoms with Crippen LogP contribution in [0, 0.1) is 6.92 Å². The lowest BCUT2D eigenvalue weighted by atomic mass is 9.98. The van der Waals surface area contributed by atoms with Crippen molar-refractivity contribution >= 4 is 11.3 Å². The monoisotopic (exact) mass is 227 g/mol. The van der Waals surface area contributed by atoms with E-state index < -0.39 is 0 Å². The van der Waals surface area contributed by atoms with Gasteiger partial charge in [0, 0.05) is 16.2 Å². The number of hydrogen-bond acceptors (Lipinski definition) is 3. The fraction of sp³-hybridized carbons (Fsp3) is 0.750. The topological polar surface area (TPSA) is 33.1 Å². The van der Waals surface area contributed by atoms with Crippen molar-refractivity contribution in [2.24, 2.45) is 0 Å². The Kier molecular flexibility index (Phi) is 3.90. The van der Waals surface area contributed by atoms with Crippen LogP contribution in [0.15, 0.2) is 0 Å². The largest absolute Gasteiger partial charge is 0.396 e. The highest BCUT2D eigenvalue weighted by molar-refractivity contribution is 7.12. The van der Waals surface area contributed by atoms with E-state index in [9.17, 15) is 5.11 Å². The molecule has 2 nitrogen and oxygen atoms in total. The minimum absolute atomic E-state index is 0.113. The Balaban J connectivity index is 3.06. The third-order valence-electron chi connectivity index (χ3n) is 2.56. The van der Waals surface area contributed by atoms with Gasteiger partial charge in [-0.1, -0.05) is 27.7 Å². The van der Waals surface area contributed by atoms with Crippen LogP contribution in [0.5, 0.6) is 0 Å². The van der Waals surface area contributed by atoms with Crippen LogP contribution in [0.25, 0.3) is 0 Å². The zero-order chi connectivity index (χ0) is 11.6. The molecule has 0 aliphatic rings. The van der Waals surface area contributed by atoms with E-state index in [0.29, 0.717) is 0 Å². The normalized spacial score (nSPS) is 14.3. The minimum atomic E-state index is 0.113. The third-order valence-corrected chi connectivity index (χ3v) is 4.30. The molecule has 86 valence electrons. The molecule has 0 aliphatic heterocycles. The van der Waals surface area contributed by atoms with E-state index in [2.05, 4.69) is 32.7 Å². The maximum absolute atomic E-state index is 9.29. The minimum Gasteiger partial charge on any atom is -0.396 e. The van der Waals surface area contributed by atoms with Crippen molar-refractivity contribution in [2.45, 2.75) is 52.4 Å². The van der Waals surface area contributed by atoms with Crippen molar-refractivity contribution in [3.63, 3.8) is 0 Å². The first kappa shape index (κ1) is 12.7. The average Bonchev–Trinajstić information content (AvgIpc) is 2.50. The molecule has 1 aromatic rings. The molecule has 0 aromatic carbocycles. The summed E-state index contributed by atoms with van der Waals surface area (Å²) in [5.74, 6) is 0.263. The van der Waals surface area contributed by atoms with Gasteiger partial charge < -0.3 is 5.11 Å². The van der Waals surface area contributed by atoms with E-state index in [-0.39, 0.29) is 17.9 Å². The number of rotatable bonds is 3. The lowest BCUT2D eigenvalue weighted by molar-refractivity contribution is 0.263. The summed E-state index contributed by atoms with van der Waals surface area (Å²) in [6.45, 7) is 10.9. The van der Waals surface area contributed by atoms with Gasteiger partial charge in [0.25, 0.3) is 0 Å². The zero-order valence-electron chi connectivity index (χ0n) is 10.3. The first-order chi connectivity index (χ1) is 6.90. The van der Waals surface area contributed by atoms with Gasteiger partial charge in [-0.2, -0.15) is 0 Å². The molecular formula is C12H21NOS. The lowest BCUT2D eigenvalue weighted by Crippen LogP contribution is -2.10. The molecule has 1 unspecified atom stereocenters. The van der Waals surface area contributed by atoms with Crippen LogP contribution >= 0.6 is 11.3 Å². The standard InChI is InChI=1S/C12H21NOS/c1-6-9(7-14)10-8(2)13-11(15-10)12(3,4)5/h9,14H,6-7H2,1-5H3. The molecular weight excluding hydrogens is 206 g/mol. The van der Waals surface area contributed by atoms with Gasteiger partial charge in [0.1, 0.15) is 0 Å². The number of aromatic nitrogens is 1. The predicted molar refractivity (Wildman–Crippen MR) is 65.7 cm³/mol. The molecule has 3 heteroatoms. The predicted octanol–water partition coefficient (Wildman–Crippen LogP) is 3.23. The van der Waals surface area contributed by atoms with E-state index in [4.69, 9.17) is 0 Å². The first-order valence-electron chi connectivity index (χ1n) is 5.48. The van der Waals surface area contributed by atoms with E-state index >= 15 is 0 Å². The van der Waals surface area contributed by atoms with Gasteiger partial charge >= 0.3 is 0 Å². The van der Waals surface area contributed by atoms with Crippen molar-refractivity contribution < 1.29 is 5.11 Å². The molecule has 0 saturated carbocycles.